The van der Waals surface area contributed by atoms with Crippen molar-refractivity contribution in [3.63, 3.8) is 0 Å². The van der Waals surface area contributed by atoms with Gasteiger partial charge in [-0.15, -0.1) is 11.8 Å². The van der Waals surface area contributed by atoms with Crippen LogP contribution in [0.3, 0.4) is 0 Å². The number of carbonyl (C=O) groups excluding carboxylic acids is 1. The second kappa shape index (κ2) is 5.04. The van der Waals surface area contributed by atoms with Gasteiger partial charge in [0, 0.05) is 15.7 Å². The van der Waals surface area contributed by atoms with Crippen molar-refractivity contribution >= 4 is 18.0 Å². The molecule has 1 aromatic rings. The number of hydrogen-bond donors (Lipinski definition) is 1. The molecular weight excluding hydrogens is 184 g/mol. The summed E-state index contributed by atoms with van der Waals surface area (Å²) in [6.07, 6.45) is 0.823. The van der Waals surface area contributed by atoms with Gasteiger partial charge in [0.25, 0.3) is 0 Å². The number of thioether (sulfide) groups is 1. The quantitative estimate of drug-likeness (QED) is 0.591. The van der Waals surface area contributed by atoms with E-state index in [-0.39, 0.29) is 11.9 Å². The first-order valence-corrected chi connectivity index (χ1v) is 4.97. The number of benzene rings is 1. The molecule has 1 rings (SSSR count). The second-order valence-corrected chi connectivity index (χ2v) is 4.31. The van der Waals surface area contributed by atoms with Crippen LogP contribution in [-0.4, -0.2) is 23.2 Å². The molecule has 1 aromatic carbocycles. The molecule has 1 atom stereocenters. The number of aldehydes is 1. The molecule has 0 heterocycles. The average molecular weight is 196 g/mol. The van der Waals surface area contributed by atoms with Gasteiger partial charge in [-0.05, 0) is 12.1 Å². The van der Waals surface area contributed by atoms with E-state index < -0.39 is 0 Å². The van der Waals surface area contributed by atoms with E-state index in [1.54, 1.807) is 23.9 Å². The molecule has 0 saturated carbocycles. The molecule has 0 bridgehead atoms. The lowest BCUT2D eigenvalue weighted by atomic mass is 10.2. The van der Waals surface area contributed by atoms with Gasteiger partial charge < -0.3 is 5.11 Å². The molecule has 13 heavy (non-hydrogen) atoms. The van der Waals surface area contributed by atoms with Crippen LogP contribution in [-0.2, 0) is 0 Å². The summed E-state index contributed by atoms with van der Waals surface area (Å²) in [4.78, 5) is 11.4. The minimum atomic E-state index is 0.167. The van der Waals surface area contributed by atoms with Crippen molar-refractivity contribution in [2.45, 2.75) is 17.1 Å². The van der Waals surface area contributed by atoms with E-state index in [4.69, 9.17) is 5.11 Å². The van der Waals surface area contributed by atoms with Gasteiger partial charge in [0.05, 0.1) is 6.61 Å². The second-order valence-electron chi connectivity index (χ2n) is 2.80. The highest BCUT2D eigenvalue weighted by Gasteiger charge is 2.01. The van der Waals surface area contributed by atoms with Gasteiger partial charge >= 0.3 is 0 Å². The van der Waals surface area contributed by atoms with Crippen LogP contribution >= 0.6 is 11.8 Å². The van der Waals surface area contributed by atoms with Crippen LogP contribution in [0.25, 0.3) is 0 Å². The zero-order valence-corrected chi connectivity index (χ0v) is 8.25. The summed E-state index contributed by atoms with van der Waals surface area (Å²) in [5.41, 5.74) is 0.681. The fourth-order valence-electron chi connectivity index (χ4n) is 0.895. The zero-order chi connectivity index (χ0) is 9.68. The summed E-state index contributed by atoms with van der Waals surface area (Å²) in [5.74, 6) is 0. The molecule has 0 saturated heterocycles. The van der Waals surface area contributed by atoms with Crippen LogP contribution in [0.4, 0.5) is 0 Å². The maximum Gasteiger partial charge on any atom is 0.150 e. The zero-order valence-electron chi connectivity index (χ0n) is 7.43. The van der Waals surface area contributed by atoms with Crippen LogP contribution in [0, 0.1) is 0 Å². The third kappa shape index (κ3) is 3.20. The lowest BCUT2D eigenvalue weighted by Crippen LogP contribution is -2.01. The van der Waals surface area contributed by atoms with Gasteiger partial charge in [-0.3, -0.25) is 4.79 Å². The van der Waals surface area contributed by atoms with Crippen LogP contribution < -0.4 is 0 Å². The van der Waals surface area contributed by atoms with Gasteiger partial charge in [0.15, 0.2) is 0 Å². The molecule has 0 radical (unpaired) electrons. The molecule has 0 aromatic heterocycles. The van der Waals surface area contributed by atoms with Crippen molar-refractivity contribution in [3.05, 3.63) is 29.8 Å². The lowest BCUT2D eigenvalue weighted by Gasteiger charge is -2.06. The summed E-state index contributed by atoms with van der Waals surface area (Å²) in [6, 6.07) is 7.33. The molecule has 0 spiro atoms. The van der Waals surface area contributed by atoms with Crippen molar-refractivity contribution in [1.82, 2.24) is 0 Å². The molecule has 70 valence electrons. The van der Waals surface area contributed by atoms with Crippen molar-refractivity contribution in [2.24, 2.45) is 0 Å². The molecule has 0 fully saturated rings. The monoisotopic (exact) mass is 196 g/mol. The Morgan fingerprint density at radius 3 is 2.54 bits per heavy atom. The minimum absolute atomic E-state index is 0.167. The summed E-state index contributed by atoms with van der Waals surface area (Å²) in [5, 5.41) is 9.02. The highest BCUT2D eigenvalue weighted by molar-refractivity contribution is 8.00. The SMILES string of the molecule is CC(CO)Sc1ccc(C=O)cc1. The first kappa shape index (κ1) is 10.3. The smallest absolute Gasteiger partial charge is 0.150 e. The molecule has 3 heteroatoms. The van der Waals surface area contributed by atoms with Crippen LogP contribution in [0.2, 0.25) is 0 Å². The standard InChI is InChI=1S/C10H12O2S/c1-8(6-11)13-10-4-2-9(7-12)3-5-10/h2-5,7-8,11H,6H2,1H3. The Morgan fingerprint density at radius 2 is 2.08 bits per heavy atom. The van der Waals surface area contributed by atoms with E-state index in [1.807, 2.05) is 19.1 Å². The molecule has 0 aliphatic rings. The van der Waals surface area contributed by atoms with Crippen molar-refractivity contribution in [3.8, 4) is 0 Å². The van der Waals surface area contributed by atoms with E-state index in [0.717, 1.165) is 11.2 Å². The largest absolute Gasteiger partial charge is 0.395 e. The first-order chi connectivity index (χ1) is 6.26. The van der Waals surface area contributed by atoms with E-state index in [0.29, 0.717) is 5.56 Å². The Morgan fingerprint density at radius 1 is 1.46 bits per heavy atom. The maximum atomic E-state index is 10.3. The average Bonchev–Trinajstić information content (AvgIpc) is 2.19. The molecule has 0 aliphatic carbocycles. The van der Waals surface area contributed by atoms with Crippen LogP contribution in [0.1, 0.15) is 17.3 Å². The minimum Gasteiger partial charge on any atom is -0.395 e. The van der Waals surface area contributed by atoms with E-state index >= 15 is 0 Å². The highest BCUT2D eigenvalue weighted by Crippen LogP contribution is 2.22. The van der Waals surface area contributed by atoms with E-state index in [2.05, 4.69) is 0 Å². The Bertz CT molecular complexity index is 269. The third-order valence-electron chi connectivity index (χ3n) is 1.61. The molecule has 0 aliphatic heterocycles. The Hall–Kier alpha value is -0.800. The normalized spacial score (nSPS) is 12.5. The number of hydrogen-bond acceptors (Lipinski definition) is 3. The van der Waals surface area contributed by atoms with Gasteiger partial charge in [0.1, 0.15) is 6.29 Å². The van der Waals surface area contributed by atoms with Crippen molar-refractivity contribution in [1.29, 1.82) is 0 Å². The van der Waals surface area contributed by atoms with E-state index in [1.165, 1.54) is 0 Å². The number of carbonyl (C=O) groups is 1. The molecule has 0 amide bonds. The Labute approximate surface area is 82.0 Å². The van der Waals surface area contributed by atoms with Crippen molar-refractivity contribution in [2.75, 3.05) is 6.61 Å². The van der Waals surface area contributed by atoms with Gasteiger partial charge in [-0.1, -0.05) is 19.1 Å². The van der Waals surface area contributed by atoms with Crippen LogP contribution in [0.5, 0.6) is 0 Å². The predicted molar refractivity (Wildman–Crippen MR) is 54.2 cm³/mol. The Kier molecular flexibility index (Phi) is 3.99. The molecule has 1 unspecified atom stereocenters. The summed E-state index contributed by atoms with van der Waals surface area (Å²) in [6.45, 7) is 2.12. The van der Waals surface area contributed by atoms with Crippen LogP contribution in [0.15, 0.2) is 29.2 Å². The molecule has 1 N–H and O–H groups in total. The van der Waals surface area contributed by atoms with Gasteiger partial charge in [0.2, 0.25) is 0 Å². The fraction of sp³-hybridized carbons (Fsp3) is 0.300. The predicted octanol–water partition coefficient (Wildman–Crippen LogP) is 1.97. The molecular formula is C10H12O2S. The molecule has 2 nitrogen and oxygen atoms in total. The fourth-order valence-corrected chi connectivity index (χ4v) is 1.73. The van der Waals surface area contributed by atoms with Gasteiger partial charge in [-0.25, -0.2) is 0 Å². The Balaban J connectivity index is 2.63. The summed E-state index contributed by atoms with van der Waals surface area (Å²) in [7, 11) is 0. The van der Waals surface area contributed by atoms with Gasteiger partial charge in [-0.2, -0.15) is 0 Å². The maximum absolute atomic E-state index is 10.3. The highest BCUT2D eigenvalue weighted by atomic mass is 32.2. The topological polar surface area (TPSA) is 37.3 Å². The van der Waals surface area contributed by atoms with Crippen molar-refractivity contribution < 1.29 is 9.90 Å². The van der Waals surface area contributed by atoms with E-state index in [9.17, 15) is 4.79 Å². The third-order valence-corrected chi connectivity index (χ3v) is 2.71. The summed E-state index contributed by atoms with van der Waals surface area (Å²) >= 11 is 1.60. The number of aliphatic hydroxyl groups excluding tert-OH is 1. The lowest BCUT2D eigenvalue weighted by molar-refractivity contribution is 0.112. The number of aliphatic hydroxyl groups is 1. The number of rotatable bonds is 4. The summed E-state index contributed by atoms with van der Waals surface area (Å²) < 4.78 is 0. The first-order valence-electron chi connectivity index (χ1n) is 4.09.